The molecule has 0 unspecified atom stereocenters. The Morgan fingerprint density at radius 1 is 0.967 bits per heavy atom. The van der Waals surface area contributed by atoms with Crippen molar-refractivity contribution in [2.75, 3.05) is 6.61 Å². The fourth-order valence-corrected chi connectivity index (χ4v) is 3.80. The molecule has 5 heteroatoms. The van der Waals surface area contributed by atoms with E-state index in [-0.39, 0.29) is 17.7 Å². The van der Waals surface area contributed by atoms with Crippen LogP contribution in [0, 0.1) is 0 Å². The van der Waals surface area contributed by atoms with Gasteiger partial charge in [-0.3, -0.25) is 4.79 Å². The van der Waals surface area contributed by atoms with Crippen LogP contribution >= 0.6 is 11.6 Å². The van der Waals surface area contributed by atoms with E-state index >= 15 is 0 Å². The van der Waals surface area contributed by atoms with Crippen molar-refractivity contribution in [3.05, 3.63) is 111 Å². The molecule has 0 atom stereocenters. The number of fused-ring (bicyclic) bond motifs is 1. The maximum atomic E-state index is 13.5. The van der Waals surface area contributed by atoms with Crippen LogP contribution < -0.4 is 5.43 Å². The van der Waals surface area contributed by atoms with Crippen LogP contribution in [-0.2, 0) is 11.2 Å². The van der Waals surface area contributed by atoms with Gasteiger partial charge in [0.05, 0.1) is 12.1 Å². The van der Waals surface area contributed by atoms with Crippen molar-refractivity contribution in [1.82, 2.24) is 4.57 Å². The fourth-order valence-electron chi connectivity index (χ4n) is 3.63. The molecule has 0 fully saturated rings. The molecule has 150 valence electrons. The maximum Gasteiger partial charge on any atom is 0.355 e. The van der Waals surface area contributed by atoms with Crippen LogP contribution in [0.15, 0.2) is 83.7 Å². The van der Waals surface area contributed by atoms with E-state index in [1.165, 1.54) is 0 Å². The zero-order valence-corrected chi connectivity index (χ0v) is 17.2. The summed E-state index contributed by atoms with van der Waals surface area (Å²) in [5.74, 6) is -0.536. The Morgan fingerprint density at radius 2 is 1.63 bits per heavy atom. The zero-order chi connectivity index (χ0) is 21.1. The van der Waals surface area contributed by atoms with E-state index in [1.807, 2.05) is 60.7 Å². The Bertz CT molecular complexity index is 1260. The molecule has 4 aromatic rings. The number of rotatable bonds is 5. The molecule has 0 amide bonds. The number of esters is 1. The Labute approximate surface area is 179 Å². The van der Waals surface area contributed by atoms with Gasteiger partial charge >= 0.3 is 5.97 Å². The molecule has 0 aliphatic heterocycles. The molecule has 4 rings (SSSR count). The Balaban J connectivity index is 2.12. The van der Waals surface area contributed by atoms with Crippen molar-refractivity contribution in [3.8, 4) is 5.69 Å². The molecule has 1 aromatic heterocycles. The van der Waals surface area contributed by atoms with Crippen molar-refractivity contribution in [2.24, 2.45) is 0 Å². The predicted molar refractivity (Wildman–Crippen MR) is 120 cm³/mol. The predicted octanol–water partition coefficient (Wildman–Crippen LogP) is 5.41. The third-order valence-corrected chi connectivity index (χ3v) is 5.17. The van der Waals surface area contributed by atoms with E-state index < -0.39 is 5.97 Å². The van der Waals surface area contributed by atoms with Crippen LogP contribution in [0.2, 0.25) is 5.02 Å². The van der Waals surface area contributed by atoms with Gasteiger partial charge in [0.2, 0.25) is 0 Å². The first-order chi connectivity index (χ1) is 14.6. The van der Waals surface area contributed by atoms with Gasteiger partial charge in [-0.1, -0.05) is 60.1 Å². The molecule has 0 saturated carbocycles. The van der Waals surface area contributed by atoms with Crippen LogP contribution in [0.1, 0.15) is 28.5 Å². The number of nitrogens with zero attached hydrogens (tertiary/aromatic N) is 1. The van der Waals surface area contributed by atoms with Crippen molar-refractivity contribution in [3.63, 3.8) is 0 Å². The van der Waals surface area contributed by atoms with Gasteiger partial charge in [0.25, 0.3) is 0 Å². The van der Waals surface area contributed by atoms with Crippen molar-refractivity contribution in [2.45, 2.75) is 13.3 Å². The molecule has 0 saturated heterocycles. The molecule has 0 aliphatic rings. The normalized spacial score (nSPS) is 10.9. The van der Waals surface area contributed by atoms with Crippen LogP contribution in [0.4, 0.5) is 0 Å². The van der Waals surface area contributed by atoms with E-state index in [1.54, 1.807) is 29.7 Å². The largest absolute Gasteiger partial charge is 0.461 e. The zero-order valence-electron chi connectivity index (χ0n) is 16.5. The van der Waals surface area contributed by atoms with E-state index in [4.69, 9.17) is 16.3 Å². The molecule has 30 heavy (non-hydrogen) atoms. The quantitative estimate of drug-likeness (QED) is 0.408. The Kier molecular flexibility index (Phi) is 5.68. The highest BCUT2D eigenvalue weighted by molar-refractivity contribution is 6.31. The van der Waals surface area contributed by atoms with Gasteiger partial charge in [0.1, 0.15) is 5.69 Å². The average Bonchev–Trinajstić information content (AvgIpc) is 2.76. The molecule has 0 N–H and O–H groups in total. The maximum absolute atomic E-state index is 13.5. The first-order valence-electron chi connectivity index (χ1n) is 9.73. The topological polar surface area (TPSA) is 48.3 Å². The van der Waals surface area contributed by atoms with Gasteiger partial charge in [-0.05, 0) is 42.8 Å². The standard InChI is InChI=1S/C25H20ClNO3/c1-2-30-25(29)23-21(15-17-9-5-3-6-10-17)24(28)20-14-13-18(26)16-22(20)27(23)19-11-7-4-8-12-19/h3-14,16H,2,15H2,1H3. The monoisotopic (exact) mass is 417 g/mol. The minimum atomic E-state index is -0.536. The first kappa shape index (κ1) is 19.9. The molecular weight excluding hydrogens is 398 g/mol. The number of pyridine rings is 1. The summed E-state index contributed by atoms with van der Waals surface area (Å²) in [5.41, 5.74) is 2.69. The highest BCUT2D eigenvalue weighted by atomic mass is 35.5. The summed E-state index contributed by atoms with van der Waals surface area (Å²) in [7, 11) is 0. The van der Waals surface area contributed by atoms with Gasteiger partial charge in [-0.2, -0.15) is 0 Å². The number of carbonyl (C=O) groups excluding carboxylic acids is 1. The second-order valence-electron chi connectivity index (χ2n) is 6.87. The Hall–Kier alpha value is -3.37. The van der Waals surface area contributed by atoms with Crippen molar-refractivity contribution < 1.29 is 9.53 Å². The summed E-state index contributed by atoms with van der Waals surface area (Å²) in [5, 5.41) is 0.986. The minimum Gasteiger partial charge on any atom is -0.461 e. The minimum absolute atomic E-state index is 0.194. The highest BCUT2D eigenvalue weighted by Crippen LogP contribution is 2.26. The molecule has 1 heterocycles. The number of benzene rings is 3. The van der Waals surface area contributed by atoms with Gasteiger partial charge in [-0.25, -0.2) is 4.79 Å². The third kappa shape index (κ3) is 3.74. The summed E-state index contributed by atoms with van der Waals surface area (Å²) < 4.78 is 7.15. The smallest absolute Gasteiger partial charge is 0.355 e. The molecule has 0 aliphatic carbocycles. The van der Waals surface area contributed by atoms with E-state index in [0.717, 1.165) is 11.3 Å². The lowest BCUT2D eigenvalue weighted by molar-refractivity contribution is 0.0515. The number of carbonyl (C=O) groups is 1. The lowest BCUT2D eigenvalue weighted by Crippen LogP contribution is -2.25. The van der Waals surface area contributed by atoms with Crippen LogP contribution in [-0.4, -0.2) is 17.1 Å². The third-order valence-electron chi connectivity index (χ3n) is 4.94. The van der Waals surface area contributed by atoms with Crippen LogP contribution in [0.3, 0.4) is 0 Å². The van der Waals surface area contributed by atoms with Gasteiger partial charge in [0, 0.05) is 28.1 Å². The van der Waals surface area contributed by atoms with Crippen molar-refractivity contribution >= 4 is 28.5 Å². The van der Waals surface area contributed by atoms with Gasteiger partial charge in [0.15, 0.2) is 5.43 Å². The molecule has 0 spiro atoms. The Morgan fingerprint density at radius 3 is 2.30 bits per heavy atom. The summed E-state index contributed by atoms with van der Waals surface area (Å²) in [6.45, 7) is 1.96. The fraction of sp³-hybridized carbons (Fsp3) is 0.120. The summed E-state index contributed by atoms with van der Waals surface area (Å²) in [6.07, 6.45) is 0.319. The first-order valence-corrected chi connectivity index (χ1v) is 10.1. The molecule has 4 nitrogen and oxygen atoms in total. The number of para-hydroxylation sites is 1. The van der Waals surface area contributed by atoms with Gasteiger partial charge < -0.3 is 9.30 Å². The second kappa shape index (κ2) is 8.56. The SMILES string of the molecule is CCOC(=O)c1c(Cc2ccccc2)c(=O)c2ccc(Cl)cc2n1-c1ccccc1. The second-order valence-corrected chi connectivity index (χ2v) is 7.31. The molecule has 0 bridgehead atoms. The summed E-state index contributed by atoms with van der Waals surface area (Å²) in [4.78, 5) is 26.6. The number of hydrogen-bond acceptors (Lipinski definition) is 3. The number of halogens is 1. The van der Waals surface area contributed by atoms with E-state index in [0.29, 0.717) is 27.9 Å². The molecular formula is C25H20ClNO3. The van der Waals surface area contributed by atoms with Crippen LogP contribution in [0.25, 0.3) is 16.6 Å². The van der Waals surface area contributed by atoms with Crippen molar-refractivity contribution in [1.29, 1.82) is 0 Å². The number of hydrogen-bond donors (Lipinski definition) is 0. The van der Waals surface area contributed by atoms with Gasteiger partial charge in [-0.15, -0.1) is 0 Å². The number of aromatic nitrogens is 1. The lowest BCUT2D eigenvalue weighted by Gasteiger charge is -2.20. The molecule has 3 aromatic carbocycles. The lowest BCUT2D eigenvalue weighted by atomic mass is 9.99. The number of ether oxygens (including phenoxy) is 1. The highest BCUT2D eigenvalue weighted by Gasteiger charge is 2.24. The summed E-state index contributed by atoms with van der Waals surface area (Å²) >= 11 is 6.26. The average molecular weight is 418 g/mol. The van der Waals surface area contributed by atoms with Crippen LogP contribution in [0.5, 0.6) is 0 Å². The molecule has 0 radical (unpaired) electrons. The van der Waals surface area contributed by atoms with E-state index in [2.05, 4.69) is 0 Å². The van der Waals surface area contributed by atoms with E-state index in [9.17, 15) is 9.59 Å². The summed E-state index contributed by atoms with van der Waals surface area (Å²) in [6, 6.07) is 24.2.